The van der Waals surface area contributed by atoms with Crippen LogP contribution in [-0.4, -0.2) is 50.3 Å². The molecule has 0 bridgehead atoms. The molecular weight excluding hydrogens is 302 g/mol. The van der Waals surface area contributed by atoms with Crippen molar-refractivity contribution in [3.63, 3.8) is 0 Å². The average Bonchev–Trinajstić information content (AvgIpc) is 2.99. The molecule has 2 saturated heterocycles. The number of amides is 2. The number of rotatable bonds is 3. The van der Waals surface area contributed by atoms with Crippen LogP contribution in [0.5, 0.6) is 5.75 Å². The topological polar surface area (TPSA) is 36.0 Å². The molecule has 2 fully saturated rings. The molecule has 2 aliphatic rings. The molecule has 24 heavy (non-hydrogen) atoms. The molecule has 4 rings (SSSR count). The molecule has 1 atom stereocenters. The summed E-state index contributed by atoms with van der Waals surface area (Å²) in [6.07, 6.45) is 0. The molecular formula is C19H21N3O2. The van der Waals surface area contributed by atoms with Gasteiger partial charge in [-0.15, -0.1) is 0 Å². The van der Waals surface area contributed by atoms with E-state index in [2.05, 4.69) is 29.2 Å². The van der Waals surface area contributed by atoms with Gasteiger partial charge in [-0.1, -0.05) is 18.2 Å². The van der Waals surface area contributed by atoms with Crippen molar-refractivity contribution < 1.29 is 9.53 Å². The fraction of sp³-hybridized carbons (Fsp3) is 0.316. The molecule has 5 nitrogen and oxygen atoms in total. The van der Waals surface area contributed by atoms with Crippen LogP contribution < -0.4 is 14.5 Å². The number of hydrogen-bond acceptors (Lipinski definition) is 3. The van der Waals surface area contributed by atoms with Gasteiger partial charge in [0.2, 0.25) is 0 Å². The Kier molecular flexibility index (Phi) is 3.76. The summed E-state index contributed by atoms with van der Waals surface area (Å²) in [5.41, 5.74) is 2.16. The summed E-state index contributed by atoms with van der Waals surface area (Å²) in [6.45, 7) is 3.25. The minimum Gasteiger partial charge on any atom is -0.497 e. The lowest BCUT2D eigenvalue weighted by atomic mass is 10.1. The van der Waals surface area contributed by atoms with Crippen molar-refractivity contribution in [1.29, 1.82) is 0 Å². The number of fused-ring (bicyclic) bond motifs is 1. The molecule has 2 aliphatic heterocycles. The number of benzene rings is 2. The van der Waals surface area contributed by atoms with Gasteiger partial charge in [0.05, 0.1) is 13.2 Å². The lowest BCUT2D eigenvalue weighted by molar-refractivity contribution is 0.199. The van der Waals surface area contributed by atoms with Crippen molar-refractivity contribution >= 4 is 17.4 Å². The van der Waals surface area contributed by atoms with E-state index in [4.69, 9.17) is 4.74 Å². The molecule has 0 aromatic heterocycles. The number of para-hydroxylation sites is 1. The van der Waals surface area contributed by atoms with E-state index in [1.54, 1.807) is 7.11 Å². The van der Waals surface area contributed by atoms with Crippen LogP contribution in [0, 0.1) is 0 Å². The molecule has 124 valence electrons. The number of ether oxygens (including phenoxy) is 1. The molecule has 0 aliphatic carbocycles. The molecule has 2 heterocycles. The highest BCUT2D eigenvalue weighted by Crippen LogP contribution is 2.29. The summed E-state index contributed by atoms with van der Waals surface area (Å²) in [4.78, 5) is 19.0. The van der Waals surface area contributed by atoms with Crippen molar-refractivity contribution in [3.8, 4) is 5.75 Å². The Balaban J connectivity index is 1.51. The lowest BCUT2D eigenvalue weighted by Gasteiger charge is -2.37. The zero-order valence-corrected chi connectivity index (χ0v) is 13.8. The highest BCUT2D eigenvalue weighted by molar-refractivity contribution is 5.95. The standard InChI is InChI=1S/C19H21N3O2/c1-24-18-9-7-16(8-10-18)22-14-17-13-20(11-12-21(17)19(22)23)15-5-3-2-4-6-15/h2-10,17H,11-14H2,1H3. The van der Waals surface area contributed by atoms with E-state index in [-0.39, 0.29) is 12.1 Å². The maximum atomic E-state index is 12.7. The van der Waals surface area contributed by atoms with Gasteiger partial charge in [-0.3, -0.25) is 4.90 Å². The van der Waals surface area contributed by atoms with Gasteiger partial charge in [0.1, 0.15) is 5.75 Å². The quantitative estimate of drug-likeness (QED) is 0.871. The number of anilines is 2. The minimum absolute atomic E-state index is 0.109. The van der Waals surface area contributed by atoms with Gasteiger partial charge < -0.3 is 14.5 Å². The van der Waals surface area contributed by atoms with Crippen LogP contribution >= 0.6 is 0 Å². The average molecular weight is 323 g/mol. The maximum absolute atomic E-state index is 12.7. The van der Waals surface area contributed by atoms with Gasteiger partial charge in [-0.2, -0.15) is 0 Å². The number of urea groups is 1. The third-order valence-corrected chi connectivity index (χ3v) is 4.86. The first kappa shape index (κ1) is 14.9. The Labute approximate surface area is 142 Å². The second-order valence-electron chi connectivity index (χ2n) is 6.22. The summed E-state index contributed by atoms with van der Waals surface area (Å²) in [7, 11) is 1.65. The number of hydrogen-bond donors (Lipinski definition) is 0. The normalized spacial score (nSPS) is 20.3. The number of carbonyl (C=O) groups excluding carboxylic acids is 1. The van der Waals surface area contributed by atoms with Crippen LogP contribution in [0.4, 0.5) is 16.2 Å². The molecule has 1 unspecified atom stereocenters. The van der Waals surface area contributed by atoms with E-state index in [9.17, 15) is 4.79 Å². The lowest BCUT2D eigenvalue weighted by Crippen LogP contribution is -2.52. The Morgan fingerprint density at radius 1 is 0.917 bits per heavy atom. The van der Waals surface area contributed by atoms with Gasteiger partial charge in [0.25, 0.3) is 0 Å². The third kappa shape index (κ3) is 2.56. The predicted octanol–water partition coefficient (Wildman–Crippen LogP) is 2.83. The van der Waals surface area contributed by atoms with E-state index in [1.165, 1.54) is 5.69 Å². The Morgan fingerprint density at radius 2 is 1.67 bits per heavy atom. The fourth-order valence-electron chi connectivity index (χ4n) is 3.56. The second-order valence-corrected chi connectivity index (χ2v) is 6.22. The van der Waals surface area contributed by atoms with Crippen LogP contribution in [0.25, 0.3) is 0 Å². The molecule has 0 spiro atoms. The highest BCUT2D eigenvalue weighted by atomic mass is 16.5. The van der Waals surface area contributed by atoms with Gasteiger partial charge >= 0.3 is 6.03 Å². The number of methoxy groups -OCH3 is 1. The van der Waals surface area contributed by atoms with E-state index < -0.39 is 0 Å². The molecule has 2 amide bonds. The zero-order chi connectivity index (χ0) is 16.5. The summed E-state index contributed by atoms with van der Waals surface area (Å²) in [5.74, 6) is 0.804. The van der Waals surface area contributed by atoms with E-state index in [0.717, 1.165) is 37.6 Å². The molecule has 0 N–H and O–H groups in total. The van der Waals surface area contributed by atoms with Crippen molar-refractivity contribution in [1.82, 2.24) is 4.90 Å². The Hall–Kier alpha value is -2.69. The van der Waals surface area contributed by atoms with E-state index >= 15 is 0 Å². The van der Waals surface area contributed by atoms with Gasteiger partial charge in [-0.05, 0) is 36.4 Å². The first-order valence-corrected chi connectivity index (χ1v) is 8.28. The number of piperazine rings is 1. The molecule has 5 heteroatoms. The zero-order valence-electron chi connectivity index (χ0n) is 13.8. The smallest absolute Gasteiger partial charge is 0.324 e. The second kappa shape index (κ2) is 6.07. The van der Waals surface area contributed by atoms with Crippen molar-refractivity contribution in [2.24, 2.45) is 0 Å². The molecule has 2 aromatic rings. The van der Waals surface area contributed by atoms with Crippen molar-refractivity contribution in [2.45, 2.75) is 6.04 Å². The maximum Gasteiger partial charge on any atom is 0.324 e. The first-order valence-electron chi connectivity index (χ1n) is 8.28. The fourth-order valence-corrected chi connectivity index (χ4v) is 3.56. The summed E-state index contributed by atoms with van der Waals surface area (Å²) in [5, 5.41) is 0. The molecule has 0 saturated carbocycles. The predicted molar refractivity (Wildman–Crippen MR) is 94.9 cm³/mol. The van der Waals surface area contributed by atoms with Crippen LogP contribution in [0.1, 0.15) is 0 Å². The van der Waals surface area contributed by atoms with Crippen LogP contribution in [0.3, 0.4) is 0 Å². The largest absolute Gasteiger partial charge is 0.497 e. The summed E-state index contributed by atoms with van der Waals surface area (Å²) in [6, 6.07) is 18.5. The SMILES string of the molecule is COc1ccc(N2CC3CN(c4ccccc4)CCN3C2=O)cc1. The van der Waals surface area contributed by atoms with Gasteiger partial charge in [0, 0.05) is 37.6 Å². The molecule has 2 aromatic carbocycles. The summed E-state index contributed by atoms with van der Waals surface area (Å²) >= 11 is 0. The minimum atomic E-state index is 0.109. The van der Waals surface area contributed by atoms with Gasteiger partial charge in [0.15, 0.2) is 0 Å². The van der Waals surface area contributed by atoms with Crippen molar-refractivity contribution in [3.05, 3.63) is 54.6 Å². The Morgan fingerprint density at radius 3 is 2.38 bits per heavy atom. The van der Waals surface area contributed by atoms with Crippen LogP contribution in [-0.2, 0) is 0 Å². The van der Waals surface area contributed by atoms with Crippen molar-refractivity contribution in [2.75, 3.05) is 43.1 Å². The first-order chi connectivity index (χ1) is 11.8. The van der Waals surface area contributed by atoms with Gasteiger partial charge in [-0.25, -0.2) is 4.79 Å². The highest BCUT2D eigenvalue weighted by Gasteiger charge is 2.41. The van der Waals surface area contributed by atoms with Crippen LogP contribution in [0.2, 0.25) is 0 Å². The monoisotopic (exact) mass is 323 g/mol. The summed E-state index contributed by atoms with van der Waals surface area (Å²) < 4.78 is 5.20. The third-order valence-electron chi connectivity index (χ3n) is 4.86. The van der Waals surface area contributed by atoms with E-state index in [0.29, 0.717) is 0 Å². The number of nitrogens with zero attached hydrogens (tertiary/aromatic N) is 3. The molecule has 0 radical (unpaired) electrons. The Bertz CT molecular complexity index is 717. The number of carbonyl (C=O) groups is 1. The van der Waals surface area contributed by atoms with E-state index in [1.807, 2.05) is 40.1 Å². The van der Waals surface area contributed by atoms with Crippen LogP contribution in [0.15, 0.2) is 54.6 Å².